The average Bonchev–Trinajstić information content (AvgIpc) is 3.43. The van der Waals surface area contributed by atoms with Crippen molar-refractivity contribution < 1.29 is 9.53 Å². The number of carbonyl (C=O) groups excluding carboxylic acids is 1. The summed E-state index contributed by atoms with van der Waals surface area (Å²) in [5.74, 6) is 1.13. The summed E-state index contributed by atoms with van der Waals surface area (Å²) in [6.45, 7) is 0. The summed E-state index contributed by atoms with van der Waals surface area (Å²) in [5, 5.41) is 10.7. The third-order valence-corrected chi connectivity index (χ3v) is 4.61. The first kappa shape index (κ1) is 16.4. The van der Waals surface area contributed by atoms with Gasteiger partial charge in [-0.2, -0.15) is 5.10 Å². The summed E-state index contributed by atoms with van der Waals surface area (Å²) in [5.41, 5.74) is 4.37. The van der Waals surface area contributed by atoms with Crippen molar-refractivity contribution in [2.45, 2.75) is 25.2 Å². The number of ether oxygens (including phenoxy) is 1. The molecule has 5 nitrogen and oxygen atoms in total. The summed E-state index contributed by atoms with van der Waals surface area (Å²) in [6, 6.07) is 17.5. The molecular formula is C21H21N3O2. The molecule has 0 bridgehead atoms. The number of benzene rings is 2. The van der Waals surface area contributed by atoms with Crippen LogP contribution in [-0.2, 0) is 11.2 Å². The lowest BCUT2D eigenvalue weighted by molar-refractivity contribution is -0.115. The van der Waals surface area contributed by atoms with E-state index in [0.29, 0.717) is 12.3 Å². The van der Waals surface area contributed by atoms with Crippen LogP contribution in [0.5, 0.6) is 5.75 Å². The molecule has 0 spiro atoms. The number of hydrogen-bond donors (Lipinski definition) is 2. The highest BCUT2D eigenvalue weighted by molar-refractivity contribution is 5.97. The Labute approximate surface area is 152 Å². The molecule has 2 N–H and O–H groups in total. The summed E-state index contributed by atoms with van der Waals surface area (Å²) in [4.78, 5) is 12.6. The summed E-state index contributed by atoms with van der Waals surface area (Å²) < 4.78 is 5.47. The maximum absolute atomic E-state index is 12.6. The van der Waals surface area contributed by atoms with E-state index in [0.717, 1.165) is 46.8 Å². The van der Waals surface area contributed by atoms with Crippen LogP contribution in [0, 0.1) is 0 Å². The number of amides is 1. The van der Waals surface area contributed by atoms with E-state index in [4.69, 9.17) is 4.74 Å². The van der Waals surface area contributed by atoms with Gasteiger partial charge in [0.05, 0.1) is 24.9 Å². The van der Waals surface area contributed by atoms with Gasteiger partial charge in [-0.25, -0.2) is 0 Å². The zero-order valence-corrected chi connectivity index (χ0v) is 14.7. The molecule has 26 heavy (non-hydrogen) atoms. The molecule has 0 atom stereocenters. The maximum Gasteiger partial charge on any atom is 0.228 e. The minimum atomic E-state index is -0.0457. The number of rotatable bonds is 6. The third-order valence-electron chi connectivity index (χ3n) is 4.61. The van der Waals surface area contributed by atoms with Crippen molar-refractivity contribution >= 4 is 11.6 Å². The van der Waals surface area contributed by atoms with E-state index in [-0.39, 0.29) is 5.91 Å². The number of nitrogens with one attached hydrogen (secondary N) is 2. The molecule has 0 saturated heterocycles. The van der Waals surface area contributed by atoms with Crippen LogP contribution < -0.4 is 10.1 Å². The lowest BCUT2D eigenvalue weighted by Gasteiger charge is -2.11. The van der Waals surface area contributed by atoms with Crippen LogP contribution in [0.15, 0.2) is 54.6 Å². The van der Waals surface area contributed by atoms with E-state index < -0.39 is 0 Å². The van der Waals surface area contributed by atoms with E-state index in [2.05, 4.69) is 15.5 Å². The number of hydrogen-bond acceptors (Lipinski definition) is 3. The van der Waals surface area contributed by atoms with Gasteiger partial charge in [0.15, 0.2) is 0 Å². The number of methoxy groups -OCH3 is 1. The smallest absolute Gasteiger partial charge is 0.228 e. The van der Waals surface area contributed by atoms with Gasteiger partial charge < -0.3 is 10.1 Å². The minimum absolute atomic E-state index is 0.0457. The molecule has 1 heterocycles. The number of anilines is 1. The standard InChI is InChI=1S/C21H21N3O2/c1-26-17-10-6-5-9-16(17)20-21(19(23-24-20)15-11-12-15)22-18(25)13-14-7-3-2-4-8-14/h2-10,15H,11-13H2,1H3,(H,22,25)(H,23,24). The van der Waals surface area contributed by atoms with Crippen molar-refractivity contribution in [3.8, 4) is 17.0 Å². The molecule has 0 unspecified atom stereocenters. The lowest BCUT2D eigenvalue weighted by Crippen LogP contribution is -2.15. The average molecular weight is 347 g/mol. The molecule has 1 saturated carbocycles. The van der Waals surface area contributed by atoms with Gasteiger partial charge in [0, 0.05) is 11.5 Å². The Morgan fingerprint density at radius 1 is 1.15 bits per heavy atom. The molecule has 1 aliphatic rings. The van der Waals surface area contributed by atoms with Crippen LogP contribution in [0.1, 0.15) is 30.0 Å². The maximum atomic E-state index is 12.6. The Balaban J connectivity index is 1.66. The van der Waals surface area contributed by atoms with Crippen LogP contribution in [0.4, 0.5) is 5.69 Å². The largest absolute Gasteiger partial charge is 0.496 e. The minimum Gasteiger partial charge on any atom is -0.496 e. The van der Waals surface area contributed by atoms with Gasteiger partial charge in [-0.3, -0.25) is 9.89 Å². The molecular weight excluding hydrogens is 326 g/mol. The second kappa shape index (κ2) is 7.04. The van der Waals surface area contributed by atoms with E-state index >= 15 is 0 Å². The van der Waals surface area contributed by atoms with Crippen LogP contribution in [0.2, 0.25) is 0 Å². The van der Waals surface area contributed by atoms with Crippen molar-refractivity contribution in [2.75, 3.05) is 12.4 Å². The van der Waals surface area contributed by atoms with Crippen molar-refractivity contribution in [2.24, 2.45) is 0 Å². The molecule has 1 aromatic heterocycles. The fraction of sp³-hybridized carbons (Fsp3) is 0.238. The van der Waals surface area contributed by atoms with Gasteiger partial charge in [-0.15, -0.1) is 0 Å². The van der Waals surface area contributed by atoms with E-state index in [1.165, 1.54) is 0 Å². The molecule has 2 aromatic carbocycles. The van der Waals surface area contributed by atoms with Gasteiger partial charge in [-0.1, -0.05) is 42.5 Å². The molecule has 1 amide bonds. The van der Waals surface area contributed by atoms with Gasteiger partial charge >= 0.3 is 0 Å². The fourth-order valence-electron chi connectivity index (χ4n) is 3.15. The second-order valence-corrected chi connectivity index (χ2v) is 6.55. The van der Waals surface area contributed by atoms with Crippen molar-refractivity contribution in [3.05, 3.63) is 65.9 Å². The predicted octanol–water partition coefficient (Wildman–Crippen LogP) is 4.14. The first-order valence-electron chi connectivity index (χ1n) is 8.81. The SMILES string of the molecule is COc1ccccc1-c1n[nH]c(C2CC2)c1NC(=O)Cc1ccccc1. The van der Waals surface area contributed by atoms with Gasteiger partial charge in [0.1, 0.15) is 11.4 Å². The first-order chi connectivity index (χ1) is 12.8. The Morgan fingerprint density at radius 3 is 2.62 bits per heavy atom. The molecule has 0 aliphatic heterocycles. The van der Waals surface area contributed by atoms with Crippen molar-refractivity contribution in [3.63, 3.8) is 0 Å². The Kier molecular flexibility index (Phi) is 4.44. The fourth-order valence-corrected chi connectivity index (χ4v) is 3.15. The highest BCUT2D eigenvalue weighted by Crippen LogP contribution is 2.46. The number of para-hydroxylation sites is 1. The highest BCUT2D eigenvalue weighted by atomic mass is 16.5. The Hall–Kier alpha value is -3.08. The van der Waals surface area contributed by atoms with E-state index in [1.807, 2.05) is 54.6 Å². The van der Waals surface area contributed by atoms with Gasteiger partial charge in [0.2, 0.25) is 5.91 Å². The molecule has 1 aliphatic carbocycles. The lowest BCUT2D eigenvalue weighted by atomic mass is 10.1. The number of nitrogens with zero attached hydrogens (tertiary/aromatic N) is 1. The predicted molar refractivity (Wildman–Crippen MR) is 101 cm³/mol. The molecule has 4 rings (SSSR count). The number of aromatic nitrogens is 2. The van der Waals surface area contributed by atoms with E-state index in [9.17, 15) is 4.79 Å². The highest BCUT2D eigenvalue weighted by Gasteiger charge is 2.31. The third kappa shape index (κ3) is 3.33. The zero-order valence-electron chi connectivity index (χ0n) is 14.7. The quantitative estimate of drug-likeness (QED) is 0.704. The summed E-state index contributed by atoms with van der Waals surface area (Å²) >= 11 is 0. The number of aromatic amines is 1. The normalized spacial score (nSPS) is 13.4. The molecule has 1 fully saturated rings. The first-order valence-corrected chi connectivity index (χ1v) is 8.81. The topological polar surface area (TPSA) is 67.0 Å². The van der Waals surface area contributed by atoms with Crippen LogP contribution in [0.25, 0.3) is 11.3 Å². The van der Waals surface area contributed by atoms with Crippen molar-refractivity contribution in [1.29, 1.82) is 0 Å². The molecule has 132 valence electrons. The van der Waals surface area contributed by atoms with Gasteiger partial charge in [-0.05, 0) is 30.5 Å². The van der Waals surface area contributed by atoms with Crippen LogP contribution in [-0.4, -0.2) is 23.2 Å². The van der Waals surface area contributed by atoms with Crippen LogP contribution >= 0.6 is 0 Å². The Bertz CT molecular complexity index is 914. The number of H-pyrrole nitrogens is 1. The second-order valence-electron chi connectivity index (χ2n) is 6.55. The molecule has 3 aromatic rings. The Morgan fingerprint density at radius 2 is 1.88 bits per heavy atom. The zero-order chi connectivity index (χ0) is 17.9. The molecule has 5 heteroatoms. The van der Waals surface area contributed by atoms with Gasteiger partial charge in [0.25, 0.3) is 0 Å². The van der Waals surface area contributed by atoms with Crippen molar-refractivity contribution in [1.82, 2.24) is 10.2 Å². The monoisotopic (exact) mass is 347 g/mol. The number of carbonyl (C=O) groups is 1. The summed E-state index contributed by atoms with van der Waals surface area (Å²) in [7, 11) is 1.64. The van der Waals surface area contributed by atoms with Crippen LogP contribution in [0.3, 0.4) is 0 Å². The van der Waals surface area contributed by atoms with E-state index in [1.54, 1.807) is 7.11 Å². The summed E-state index contributed by atoms with van der Waals surface area (Å²) in [6.07, 6.45) is 2.58. The molecule has 0 radical (unpaired) electrons.